The van der Waals surface area contributed by atoms with Crippen molar-refractivity contribution in [1.82, 2.24) is 5.43 Å². The number of hydrogen-bond acceptors (Lipinski definition) is 4. The molecule has 0 spiro atoms. The van der Waals surface area contributed by atoms with E-state index in [0.29, 0.717) is 22.4 Å². The molecule has 0 heterocycles. The molecule has 138 valence electrons. The lowest BCUT2D eigenvalue weighted by atomic mass is 10.1. The highest BCUT2D eigenvalue weighted by molar-refractivity contribution is 7.98. The Morgan fingerprint density at radius 1 is 1.27 bits per heavy atom. The standard InChI is InChI=1S/C19H20Cl2N2O2S/c1-3-8-25-17-6-4-13(9-16(17)21)12-22-23-19(24)11-14-10-15(20)5-7-18(14)26-2/h4-7,9-10,12H,3,8,11H2,1-2H3,(H,23,24)/b22-12-. The van der Waals surface area contributed by atoms with Gasteiger partial charge in [-0.1, -0.05) is 30.1 Å². The number of hydrazone groups is 1. The zero-order valence-corrected chi connectivity index (χ0v) is 16.9. The lowest BCUT2D eigenvalue weighted by Crippen LogP contribution is -2.20. The second-order valence-corrected chi connectivity index (χ2v) is 7.16. The Bertz CT molecular complexity index is 797. The van der Waals surface area contributed by atoms with Crippen molar-refractivity contribution in [3.63, 3.8) is 0 Å². The van der Waals surface area contributed by atoms with Gasteiger partial charge >= 0.3 is 0 Å². The summed E-state index contributed by atoms with van der Waals surface area (Å²) in [5, 5.41) is 5.10. The van der Waals surface area contributed by atoms with Crippen LogP contribution in [0.25, 0.3) is 0 Å². The van der Waals surface area contributed by atoms with Crippen LogP contribution in [0.2, 0.25) is 10.0 Å². The Morgan fingerprint density at radius 3 is 2.77 bits per heavy atom. The number of ether oxygens (including phenoxy) is 1. The van der Waals surface area contributed by atoms with Crippen LogP contribution in [0.15, 0.2) is 46.4 Å². The number of nitrogens with zero attached hydrogens (tertiary/aromatic N) is 1. The van der Waals surface area contributed by atoms with Crippen LogP contribution >= 0.6 is 35.0 Å². The number of nitrogens with one attached hydrogen (secondary N) is 1. The molecule has 2 aromatic carbocycles. The van der Waals surface area contributed by atoms with E-state index in [-0.39, 0.29) is 12.3 Å². The van der Waals surface area contributed by atoms with Crippen LogP contribution in [0.1, 0.15) is 24.5 Å². The number of carbonyl (C=O) groups is 1. The molecule has 7 heteroatoms. The second kappa shape index (κ2) is 10.5. The lowest BCUT2D eigenvalue weighted by Gasteiger charge is -2.07. The minimum atomic E-state index is -0.215. The van der Waals surface area contributed by atoms with Crippen molar-refractivity contribution in [2.45, 2.75) is 24.7 Å². The first-order valence-corrected chi connectivity index (χ1v) is 10.1. The summed E-state index contributed by atoms with van der Waals surface area (Å²) in [4.78, 5) is 13.1. The van der Waals surface area contributed by atoms with Crippen LogP contribution in [0, 0.1) is 0 Å². The number of thioether (sulfide) groups is 1. The number of rotatable bonds is 8. The van der Waals surface area contributed by atoms with Crippen LogP contribution < -0.4 is 10.2 Å². The van der Waals surface area contributed by atoms with Gasteiger partial charge in [0.1, 0.15) is 5.75 Å². The van der Waals surface area contributed by atoms with Crippen molar-refractivity contribution in [2.24, 2.45) is 5.10 Å². The number of benzene rings is 2. The maximum atomic E-state index is 12.1. The molecule has 4 nitrogen and oxygen atoms in total. The molecule has 0 unspecified atom stereocenters. The number of halogens is 2. The van der Waals surface area contributed by atoms with E-state index < -0.39 is 0 Å². The van der Waals surface area contributed by atoms with Crippen LogP contribution in [0.3, 0.4) is 0 Å². The molecule has 0 fully saturated rings. The van der Waals surface area contributed by atoms with Gasteiger partial charge in [0.2, 0.25) is 5.91 Å². The van der Waals surface area contributed by atoms with Crippen molar-refractivity contribution in [1.29, 1.82) is 0 Å². The van der Waals surface area contributed by atoms with E-state index >= 15 is 0 Å². The highest BCUT2D eigenvalue weighted by Crippen LogP contribution is 2.25. The van der Waals surface area contributed by atoms with E-state index in [9.17, 15) is 4.79 Å². The molecule has 2 rings (SSSR count). The first-order valence-electron chi connectivity index (χ1n) is 8.10. The first-order chi connectivity index (χ1) is 12.5. The topological polar surface area (TPSA) is 50.7 Å². The van der Waals surface area contributed by atoms with E-state index in [1.807, 2.05) is 31.4 Å². The van der Waals surface area contributed by atoms with Gasteiger partial charge in [0.05, 0.1) is 24.3 Å². The Labute approximate surface area is 167 Å². The van der Waals surface area contributed by atoms with Crippen molar-refractivity contribution in [3.8, 4) is 5.75 Å². The summed E-state index contributed by atoms with van der Waals surface area (Å²) in [6.45, 7) is 2.65. The van der Waals surface area contributed by atoms with Gasteiger partial charge in [-0.15, -0.1) is 11.8 Å². The smallest absolute Gasteiger partial charge is 0.244 e. The fraction of sp³-hybridized carbons (Fsp3) is 0.263. The maximum absolute atomic E-state index is 12.1. The van der Waals surface area contributed by atoms with Crippen LogP contribution in [-0.2, 0) is 11.2 Å². The minimum absolute atomic E-state index is 0.207. The molecule has 0 aliphatic rings. The monoisotopic (exact) mass is 410 g/mol. The van der Waals surface area contributed by atoms with Crippen molar-refractivity contribution < 1.29 is 9.53 Å². The van der Waals surface area contributed by atoms with Gasteiger partial charge in [0.15, 0.2) is 0 Å². The Hall–Kier alpha value is -1.69. The Kier molecular flexibility index (Phi) is 8.29. The molecule has 0 saturated carbocycles. The Morgan fingerprint density at radius 2 is 2.08 bits per heavy atom. The van der Waals surface area contributed by atoms with Gasteiger partial charge in [0.25, 0.3) is 0 Å². The molecule has 0 radical (unpaired) electrons. The van der Waals surface area contributed by atoms with Gasteiger partial charge < -0.3 is 4.74 Å². The fourth-order valence-electron chi connectivity index (χ4n) is 2.20. The second-order valence-electron chi connectivity index (χ2n) is 5.46. The Balaban J connectivity index is 1.95. The summed E-state index contributed by atoms with van der Waals surface area (Å²) in [5.74, 6) is 0.424. The predicted molar refractivity (Wildman–Crippen MR) is 110 cm³/mol. The molecule has 0 bridgehead atoms. The van der Waals surface area contributed by atoms with Crippen molar-refractivity contribution in [3.05, 3.63) is 57.6 Å². The molecular formula is C19H20Cl2N2O2S. The third kappa shape index (κ3) is 6.24. The molecule has 0 atom stereocenters. The normalized spacial score (nSPS) is 10.9. The van der Waals surface area contributed by atoms with Crippen LogP contribution in [-0.4, -0.2) is 25.0 Å². The van der Waals surface area contributed by atoms with Crippen LogP contribution in [0.4, 0.5) is 0 Å². The molecule has 1 amide bonds. The van der Waals surface area contributed by atoms with E-state index in [1.165, 1.54) is 0 Å². The lowest BCUT2D eigenvalue weighted by molar-refractivity contribution is -0.120. The molecule has 0 saturated heterocycles. The van der Waals surface area contributed by atoms with E-state index in [2.05, 4.69) is 10.5 Å². The summed E-state index contributed by atoms with van der Waals surface area (Å²) in [6, 6.07) is 10.9. The van der Waals surface area contributed by atoms with Gasteiger partial charge in [0, 0.05) is 9.92 Å². The highest BCUT2D eigenvalue weighted by Gasteiger charge is 2.08. The largest absolute Gasteiger partial charge is 0.492 e. The number of hydrogen-bond donors (Lipinski definition) is 1. The summed E-state index contributed by atoms with van der Waals surface area (Å²) >= 11 is 13.8. The third-order valence-corrected chi connectivity index (χ3v) is 4.78. The fourth-order valence-corrected chi connectivity index (χ4v) is 3.24. The van der Waals surface area contributed by atoms with Gasteiger partial charge in [-0.05, 0) is 60.2 Å². The molecule has 1 N–H and O–H groups in total. The predicted octanol–water partition coefficient (Wildman–Crippen LogP) is 5.20. The summed E-state index contributed by atoms with van der Waals surface area (Å²) < 4.78 is 5.52. The quantitative estimate of drug-likeness (QED) is 0.369. The van der Waals surface area contributed by atoms with E-state index in [0.717, 1.165) is 22.4 Å². The average Bonchev–Trinajstić information content (AvgIpc) is 2.61. The van der Waals surface area contributed by atoms with Gasteiger partial charge in [-0.3, -0.25) is 4.79 Å². The number of carbonyl (C=O) groups excluding carboxylic acids is 1. The molecule has 0 aromatic heterocycles. The minimum Gasteiger partial charge on any atom is -0.492 e. The molecule has 0 aliphatic heterocycles. The van der Waals surface area contributed by atoms with Crippen molar-refractivity contribution >= 4 is 47.1 Å². The summed E-state index contributed by atoms with van der Waals surface area (Å²) in [5.41, 5.74) is 4.17. The summed E-state index contributed by atoms with van der Waals surface area (Å²) in [6.07, 6.45) is 4.62. The van der Waals surface area contributed by atoms with Gasteiger partial charge in [-0.25, -0.2) is 5.43 Å². The zero-order chi connectivity index (χ0) is 18.9. The molecular weight excluding hydrogens is 391 g/mol. The van der Waals surface area contributed by atoms with Crippen molar-refractivity contribution in [2.75, 3.05) is 12.9 Å². The zero-order valence-electron chi connectivity index (χ0n) is 14.6. The number of amides is 1. The third-order valence-electron chi connectivity index (χ3n) is 3.41. The molecule has 2 aromatic rings. The van der Waals surface area contributed by atoms with E-state index in [1.54, 1.807) is 36.2 Å². The molecule has 0 aliphatic carbocycles. The maximum Gasteiger partial charge on any atom is 0.244 e. The summed E-state index contributed by atoms with van der Waals surface area (Å²) in [7, 11) is 0. The van der Waals surface area contributed by atoms with Gasteiger partial charge in [-0.2, -0.15) is 5.10 Å². The first kappa shape index (κ1) is 20.6. The van der Waals surface area contributed by atoms with E-state index in [4.69, 9.17) is 27.9 Å². The highest BCUT2D eigenvalue weighted by atomic mass is 35.5. The average molecular weight is 411 g/mol. The van der Waals surface area contributed by atoms with Crippen LogP contribution in [0.5, 0.6) is 5.75 Å². The molecule has 26 heavy (non-hydrogen) atoms. The SMILES string of the molecule is CCCOc1ccc(/C=N\NC(=O)Cc2cc(Cl)ccc2SC)cc1Cl.